The number of hydrogen-bond acceptors (Lipinski definition) is 4. The molecule has 1 aliphatic heterocycles. The van der Waals surface area contributed by atoms with Crippen LogP contribution in [0.25, 0.3) is 0 Å². The van der Waals surface area contributed by atoms with Crippen molar-refractivity contribution < 1.29 is 19.1 Å². The molecule has 2 amide bonds. The van der Waals surface area contributed by atoms with E-state index in [1.807, 2.05) is 4.90 Å². The Morgan fingerprint density at radius 1 is 1.23 bits per heavy atom. The molecule has 1 N–H and O–H groups in total. The number of amides is 2. The Balaban J connectivity index is 1.64. The molecule has 6 heteroatoms. The van der Waals surface area contributed by atoms with Crippen molar-refractivity contribution in [3.8, 4) is 0 Å². The number of piperidine rings is 1. The summed E-state index contributed by atoms with van der Waals surface area (Å²) in [6.07, 6.45) is 3.34. The van der Waals surface area contributed by atoms with Crippen LogP contribution in [0.2, 0.25) is 0 Å². The van der Waals surface area contributed by atoms with Gasteiger partial charge >= 0.3 is 5.97 Å². The molecule has 1 unspecified atom stereocenters. The van der Waals surface area contributed by atoms with E-state index in [0.717, 1.165) is 25.9 Å². The lowest BCUT2D eigenvalue weighted by Crippen LogP contribution is -2.46. The normalized spacial score (nSPS) is 21.0. The first-order chi connectivity index (χ1) is 12.5. The highest BCUT2D eigenvalue weighted by molar-refractivity contribution is 6.13. The zero-order valence-corrected chi connectivity index (χ0v) is 15.4. The first-order valence-corrected chi connectivity index (χ1v) is 9.34. The SMILES string of the molecule is CCOC(=O)c1ccc(NC(=O)C2(C(=O)N3CCCC(C)C3)CC2)cc1. The van der Waals surface area contributed by atoms with E-state index in [9.17, 15) is 14.4 Å². The second-order valence-corrected chi connectivity index (χ2v) is 7.33. The molecule has 1 aromatic rings. The minimum Gasteiger partial charge on any atom is -0.462 e. The predicted molar refractivity (Wildman–Crippen MR) is 97.7 cm³/mol. The second kappa shape index (κ2) is 7.48. The van der Waals surface area contributed by atoms with Crippen LogP contribution in [0.5, 0.6) is 0 Å². The Morgan fingerprint density at radius 2 is 1.92 bits per heavy atom. The van der Waals surface area contributed by atoms with E-state index >= 15 is 0 Å². The lowest BCUT2D eigenvalue weighted by Gasteiger charge is -2.33. The molecule has 140 valence electrons. The van der Waals surface area contributed by atoms with Crippen LogP contribution in [0.3, 0.4) is 0 Å². The maximum atomic E-state index is 12.9. The molecule has 6 nitrogen and oxygen atoms in total. The first kappa shape index (κ1) is 18.4. The molecule has 3 rings (SSSR count). The Morgan fingerprint density at radius 3 is 2.50 bits per heavy atom. The van der Waals surface area contributed by atoms with Gasteiger partial charge in [0.05, 0.1) is 12.2 Å². The maximum absolute atomic E-state index is 12.9. The summed E-state index contributed by atoms with van der Waals surface area (Å²) in [5, 5.41) is 2.84. The lowest BCUT2D eigenvalue weighted by atomic mass is 9.96. The summed E-state index contributed by atoms with van der Waals surface area (Å²) in [5.74, 6) is -0.185. The molecule has 1 aromatic carbocycles. The molecule has 0 spiro atoms. The van der Waals surface area contributed by atoms with Crippen molar-refractivity contribution in [3.05, 3.63) is 29.8 Å². The van der Waals surface area contributed by atoms with E-state index in [2.05, 4.69) is 12.2 Å². The highest BCUT2D eigenvalue weighted by Gasteiger charge is 2.58. The van der Waals surface area contributed by atoms with Crippen LogP contribution in [0.4, 0.5) is 5.69 Å². The second-order valence-electron chi connectivity index (χ2n) is 7.33. The van der Waals surface area contributed by atoms with E-state index in [4.69, 9.17) is 4.74 Å². The summed E-state index contributed by atoms with van der Waals surface area (Å²) >= 11 is 0. The number of anilines is 1. The number of carbonyl (C=O) groups is 3. The number of rotatable bonds is 5. The molecule has 0 bridgehead atoms. The van der Waals surface area contributed by atoms with Gasteiger partial charge in [0, 0.05) is 18.8 Å². The molecule has 2 aliphatic rings. The molecule has 1 heterocycles. The highest BCUT2D eigenvalue weighted by atomic mass is 16.5. The number of ether oxygens (including phenoxy) is 1. The Labute approximate surface area is 153 Å². The number of hydrogen-bond donors (Lipinski definition) is 1. The van der Waals surface area contributed by atoms with Crippen molar-refractivity contribution in [1.82, 2.24) is 4.90 Å². The minimum atomic E-state index is -0.906. The highest BCUT2D eigenvalue weighted by Crippen LogP contribution is 2.48. The van der Waals surface area contributed by atoms with Gasteiger partial charge in [-0.2, -0.15) is 0 Å². The van der Waals surface area contributed by atoms with Crippen molar-refractivity contribution in [3.63, 3.8) is 0 Å². The Bertz CT molecular complexity index is 694. The van der Waals surface area contributed by atoms with Gasteiger partial charge in [-0.1, -0.05) is 6.92 Å². The Kier molecular flexibility index (Phi) is 5.30. The van der Waals surface area contributed by atoms with Gasteiger partial charge in [-0.05, 0) is 62.8 Å². The van der Waals surface area contributed by atoms with Gasteiger partial charge < -0.3 is 15.0 Å². The summed E-state index contributed by atoms with van der Waals surface area (Å²) < 4.78 is 4.94. The van der Waals surface area contributed by atoms with E-state index in [1.54, 1.807) is 31.2 Å². The molecule has 1 atom stereocenters. The zero-order valence-electron chi connectivity index (χ0n) is 15.4. The predicted octanol–water partition coefficient (Wildman–Crippen LogP) is 2.84. The summed E-state index contributed by atoms with van der Waals surface area (Å²) in [6, 6.07) is 6.55. The quantitative estimate of drug-likeness (QED) is 0.649. The molecule has 0 radical (unpaired) electrons. The van der Waals surface area contributed by atoms with Crippen LogP contribution in [0.15, 0.2) is 24.3 Å². The molecule has 26 heavy (non-hydrogen) atoms. The Hall–Kier alpha value is -2.37. The standard InChI is InChI=1S/C20H26N2O4/c1-3-26-17(23)15-6-8-16(9-7-15)21-18(24)20(10-11-20)19(25)22-12-4-5-14(2)13-22/h6-9,14H,3-5,10-13H2,1-2H3,(H,21,24). The lowest BCUT2D eigenvalue weighted by molar-refractivity contribution is -0.143. The summed E-state index contributed by atoms with van der Waals surface area (Å²) in [6.45, 7) is 5.69. The maximum Gasteiger partial charge on any atom is 0.338 e. The van der Waals surface area contributed by atoms with Crippen LogP contribution >= 0.6 is 0 Å². The molecular formula is C20H26N2O4. The molecular weight excluding hydrogens is 332 g/mol. The topological polar surface area (TPSA) is 75.7 Å². The fraction of sp³-hybridized carbons (Fsp3) is 0.550. The van der Waals surface area contributed by atoms with Gasteiger partial charge in [0.1, 0.15) is 5.41 Å². The van der Waals surface area contributed by atoms with Gasteiger partial charge in [0.25, 0.3) is 0 Å². The van der Waals surface area contributed by atoms with Crippen LogP contribution in [0, 0.1) is 11.3 Å². The monoisotopic (exact) mass is 358 g/mol. The summed E-state index contributed by atoms with van der Waals surface area (Å²) in [7, 11) is 0. The molecule has 1 saturated heterocycles. The summed E-state index contributed by atoms with van der Waals surface area (Å²) in [5.41, 5.74) is 0.107. The minimum absolute atomic E-state index is 0.0373. The average Bonchev–Trinajstić information content (AvgIpc) is 3.44. The van der Waals surface area contributed by atoms with E-state index < -0.39 is 11.4 Å². The number of benzene rings is 1. The zero-order chi connectivity index (χ0) is 18.7. The number of nitrogens with zero attached hydrogens (tertiary/aromatic N) is 1. The van der Waals surface area contributed by atoms with E-state index in [-0.39, 0.29) is 11.8 Å². The fourth-order valence-electron chi connectivity index (χ4n) is 3.49. The molecule has 2 fully saturated rings. The third kappa shape index (κ3) is 3.74. The molecule has 0 aromatic heterocycles. The first-order valence-electron chi connectivity index (χ1n) is 9.34. The third-order valence-electron chi connectivity index (χ3n) is 5.19. The van der Waals surface area contributed by atoms with Gasteiger partial charge in [-0.3, -0.25) is 9.59 Å². The molecule has 1 aliphatic carbocycles. The van der Waals surface area contributed by atoms with Crippen LogP contribution in [0.1, 0.15) is 49.9 Å². The van der Waals surface area contributed by atoms with Gasteiger partial charge in [0.2, 0.25) is 11.8 Å². The van der Waals surface area contributed by atoms with Crippen molar-refractivity contribution in [2.45, 2.75) is 39.5 Å². The van der Waals surface area contributed by atoms with Crippen LogP contribution in [-0.4, -0.2) is 42.4 Å². The smallest absolute Gasteiger partial charge is 0.338 e. The number of esters is 1. The van der Waals surface area contributed by atoms with Gasteiger partial charge in [-0.15, -0.1) is 0 Å². The third-order valence-corrected chi connectivity index (χ3v) is 5.19. The number of likely N-dealkylation sites (tertiary alicyclic amines) is 1. The van der Waals surface area contributed by atoms with Crippen LogP contribution in [-0.2, 0) is 14.3 Å². The average molecular weight is 358 g/mol. The van der Waals surface area contributed by atoms with Crippen LogP contribution < -0.4 is 5.32 Å². The number of nitrogens with one attached hydrogen (secondary N) is 1. The van der Waals surface area contributed by atoms with Gasteiger partial charge in [-0.25, -0.2) is 4.79 Å². The van der Waals surface area contributed by atoms with Crippen molar-refractivity contribution in [2.75, 3.05) is 25.0 Å². The largest absolute Gasteiger partial charge is 0.462 e. The number of carbonyl (C=O) groups excluding carboxylic acids is 3. The summed E-state index contributed by atoms with van der Waals surface area (Å²) in [4.78, 5) is 39.1. The van der Waals surface area contributed by atoms with Crippen molar-refractivity contribution in [1.29, 1.82) is 0 Å². The van der Waals surface area contributed by atoms with E-state index in [0.29, 0.717) is 36.6 Å². The fourth-order valence-corrected chi connectivity index (χ4v) is 3.49. The van der Waals surface area contributed by atoms with E-state index in [1.165, 1.54) is 0 Å². The van der Waals surface area contributed by atoms with Gasteiger partial charge in [0.15, 0.2) is 0 Å². The molecule has 1 saturated carbocycles. The van der Waals surface area contributed by atoms with Crippen molar-refractivity contribution >= 4 is 23.5 Å². The van der Waals surface area contributed by atoms with Crippen molar-refractivity contribution in [2.24, 2.45) is 11.3 Å².